The topological polar surface area (TPSA) is 69.0 Å². The zero-order chi connectivity index (χ0) is 22.5. The first-order chi connectivity index (χ1) is 15.5. The number of benzene rings is 3. The minimum absolute atomic E-state index is 0.178. The Kier molecular flexibility index (Phi) is 6.78. The molecule has 0 aliphatic heterocycles. The number of rotatable bonds is 7. The second-order valence-corrected chi connectivity index (χ2v) is 8.44. The van der Waals surface area contributed by atoms with E-state index >= 15 is 0 Å². The molecule has 1 N–H and O–H groups in total. The number of halogens is 1. The molecule has 0 bridgehead atoms. The fourth-order valence-corrected chi connectivity index (χ4v) is 4.20. The number of hydrogen-bond acceptors (Lipinski definition) is 5. The summed E-state index contributed by atoms with van der Waals surface area (Å²) in [6.45, 7) is 2.59. The fraction of sp³-hybridized carbons (Fsp3) is 0.125. The molecule has 162 valence electrons. The van der Waals surface area contributed by atoms with Crippen molar-refractivity contribution in [3.63, 3.8) is 0 Å². The minimum Gasteiger partial charge on any atom is -0.497 e. The number of aryl methyl sites for hydroxylation is 1. The Balaban J connectivity index is 1.56. The number of nitrogens with zero attached hydrogens (tertiary/aromatic N) is 3. The van der Waals surface area contributed by atoms with Crippen LogP contribution in [0, 0.1) is 6.92 Å². The molecule has 1 aromatic heterocycles. The second kappa shape index (κ2) is 9.89. The maximum atomic E-state index is 12.8. The van der Waals surface area contributed by atoms with Gasteiger partial charge < -0.3 is 10.1 Å². The maximum absolute atomic E-state index is 12.8. The van der Waals surface area contributed by atoms with Crippen LogP contribution in [-0.4, -0.2) is 27.8 Å². The number of amides is 1. The van der Waals surface area contributed by atoms with Crippen LogP contribution >= 0.6 is 23.4 Å². The van der Waals surface area contributed by atoms with Gasteiger partial charge in [-0.25, -0.2) is 4.68 Å². The molecule has 4 aromatic rings. The van der Waals surface area contributed by atoms with E-state index in [9.17, 15) is 4.79 Å². The minimum atomic E-state index is -0.226. The van der Waals surface area contributed by atoms with E-state index in [0.717, 1.165) is 10.5 Å². The fourth-order valence-electron chi connectivity index (χ4n) is 3.06. The van der Waals surface area contributed by atoms with Crippen LogP contribution < -0.4 is 10.1 Å². The Morgan fingerprint density at radius 3 is 2.66 bits per heavy atom. The van der Waals surface area contributed by atoms with E-state index in [1.807, 2.05) is 31.2 Å². The van der Waals surface area contributed by atoms with Gasteiger partial charge in [0.05, 0.1) is 19.3 Å². The number of carbonyl (C=O) groups is 1. The second-order valence-electron chi connectivity index (χ2n) is 7.09. The number of ether oxygens (including phenoxy) is 1. The third-order valence-corrected chi connectivity index (χ3v) is 5.95. The van der Waals surface area contributed by atoms with Crippen molar-refractivity contribution in [3.8, 4) is 5.75 Å². The van der Waals surface area contributed by atoms with Crippen molar-refractivity contribution in [2.45, 2.75) is 23.5 Å². The van der Waals surface area contributed by atoms with Gasteiger partial charge in [-0.1, -0.05) is 48.0 Å². The van der Waals surface area contributed by atoms with E-state index < -0.39 is 0 Å². The van der Waals surface area contributed by atoms with Gasteiger partial charge in [0.15, 0.2) is 5.16 Å². The third kappa shape index (κ3) is 5.30. The number of nitrogens with one attached hydrogen (secondary N) is 1. The molecule has 1 heterocycles. The predicted molar refractivity (Wildman–Crippen MR) is 127 cm³/mol. The monoisotopic (exact) mass is 464 g/mol. The van der Waals surface area contributed by atoms with Crippen LogP contribution in [0.15, 0.2) is 82.8 Å². The van der Waals surface area contributed by atoms with Crippen LogP contribution in [0.2, 0.25) is 5.28 Å². The lowest BCUT2D eigenvalue weighted by molar-refractivity contribution is 0.102. The highest BCUT2D eigenvalue weighted by Gasteiger charge is 2.15. The van der Waals surface area contributed by atoms with Gasteiger partial charge in [-0.15, -0.1) is 5.10 Å². The smallest absolute Gasteiger partial charge is 0.255 e. The quantitative estimate of drug-likeness (QED) is 0.380. The van der Waals surface area contributed by atoms with Gasteiger partial charge in [0, 0.05) is 10.5 Å². The molecule has 0 aliphatic rings. The highest BCUT2D eigenvalue weighted by Crippen LogP contribution is 2.33. The standard InChI is InChI=1S/C24H21ClN4O2S/c1-16-10-12-17(13-11-16)15-29-24(27-23(25)28-29)32-21-9-4-3-8-20(21)26-22(30)18-6-5-7-19(14-18)31-2/h3-14H,15H2,1-2H3,(H,26,30). The Bertz CT molecular complexity index is 1240. The van der Waals surface area contributed by atoms with E-state index in [1.165, 1.54) is 17.3 Å². The number of methoxy groups -OCH3 is 1. The van der Waals surface area contributed by atoms with E-state index in [1.54, 1.807) is 36.1 Å². The number of carbonyl (C=O) groups excluding carboxylic acids is 1. The molecule has 0 atom stereocenters. The lowest BCUT2D eigenvalue weighted by Crippen LogP contribution is -2.12. The molecule has 0 spiro atoms. The summed E-state index contributed by atoms with van der Waals surface area (Å²) in [4.78, 5) is 18.0. The molecular weight excluding hydrogens is 444 g/mol. The number of para-hydroxylation sites is 1. The van der Waals surface area contributed by atoms with Gasteiger partial charge in [0.2, 0.25) is 5.28 Å². The van der Waals surface area contributed by atoms with Crippen LogP contribution in [0.4, 0.5) is 5.69 Å². The first-order valence-electron chi connectivity index (χ1n) is 9.90. The average molecular weight is 465 g/mol. The summed E-state index contributed by atoms with van der Waals surface area (Å²) >= 11 is 7.51. The molecular formula is C24H21ClN4O2S. The van der Waals surface area contributed by atoms with Crippen molar-refractivity contribution in [2.24, 2.45) is 0 Å². The lowest BCUT2D eigenvalue weighted by atomic mass is 10.1. The highest BCUT2D eigenvalue weighted by atomic mass is 35.5. The zero-order valence-electron chi connectivity index (χ0n) is 17.6. The van der Waals surface area contributed by atoms with Gasteiger partial charge >= 0.3 is 0 Å². The molecule has 0 saturated heterocycles. The average Bonchev–Trinajstić information content (AvgIpc) is 3.15. The summed E-state index contributed by atoms with van der Waals surface area (Å²) in [5, 5.41) is 8.12. The molecule has 1 amide bonds. The van der Waals surface area contributed by atoms with E-state index in [2.05, 4.69) is 39.7 Å². The molecule has 0 unspecified atom stereocenters. The van der Waals surface area contributed by atoms with Crippen molar-refractivity contribution >= 4 is 35.0 Å². The van der Waals surface area contributed by atoms with Crippen LogP contribution in [0.3, 0.4) is 0 Å². The van der Waals surface area contributed by atoms with Crippen molar-refractivity contribution in [3.05, 3.63) is 94.8 Å². The van der Waals surface area contributed by atoms with Gasteiger partial charge in [0.1, 0.15) is 5.75 Å². The molecule has 0 radical (unpaired) electrons. The van der Waals surface area contributed by atoms with Gasteiger partial charge in [-0.05, 0) is 66.2 Å². The van der Waals surface area contributed by atoms with Crippen LogP contribution in [0.5, 0.6) is 5.75 Å². The van der Waals surface area contributed by atoms with Gasteiger partial charge in [-0.3, -0.25) is 4.79 Å². The van der Waals surface area contributed by atoms with E-state index in [0.29, 0.717) is 28.7 Å². The number of anilines is 1. The molecule has 0 aliphatic carbocycles. The number of aromatic nitrogens is 3. The van der Waals surface area contributed by atoms with Crippen molar-refractivity contribution in [1.82, 2.24) is 14.8 Å². The molecule has 3 aromatic carbocycles. The first-order valence-corrected chi connectivity index (χ1v) is 11.1. The largest absolute Gasteiger partial charge is 0.497 e. The summed E-state index contributed by atoms with van der Waals surface area (Å²) in [5.41, 5.74) is 3.47. The third-order valence-electron chi connectivity index (χ3n) is 4.73. The van der Waals surface area contributed by atoms with Crippen molar-refractivity contribution < 1.29 is 9.53 Å². The highest BCUT2D eigenvalue weighted by molar-refractivity contribution is 7.99. The Labute approximate surface area is 195 Å². The Hall–Kier alpha value is -3.29. The van der Waals surface area contributed by atoms with Crippen LogP contribution in [-0.2, 0) is 6.54 Å². The van der Waals surface area contributed by atoms with Crippen molar-refractivity contribution in [1.29, 1.82) is 0 Å². The van der Waals surface area contributed by atoms with Gasteiger partial charge in [-0.2, -0.15) is 4.98 Å². The first kappa shape index (κ1) is 21.9. The Morgan fingerprint density at radius 1 is 1.09 bits per heavy atom. The number of hydrogen-bond donors (Lipinski definition) is 1. The summed E-state index contributed by atoms with van der Waals surface area (Å²) < 4.78 is 6.98. The van der Waals surface area contributed by atoms with E-state index in [4.69, 9.17) is 16.3 Å². The molecule has 0 fully saturated rings. The SMILES string of the molecule is COc1cccc(C(=O)Nc2ccccc2Sc2nc(Cl)nn2Cc2ccc(C)cc2)c1. The Morgan fingerprint density at radius 2 is 1.88 bits per heavy atom. The van der Waals surface area contributed by atoms with Crippen LogP contribution in [0.1, 0.15) is 21.5 Å². The zero-order valence-corrected chi connectivity index (χ0v) is 19.2. The normalized spacial score (nSPS) is 10.7. The lowest BCUT2D eigenvalue weighted by Gasteiger charge is -2.12. The summed E-state index contributed by atoms with van der Waals surface area (Å²) in [6.07, 6.45) is 0. The molecule has 8 heteroatoms. The maximum Gasteiger partial charge on any atom is 0.255 e. The predicted octanol–water partition coefficient (Wildman–Crippen LogP) is 5.70. The van der Waals surface area contributed by atoms with E-state index in [-0.39, 0.29) is 11.2 Å². The summed E-state index contributed by atoms with van der Waals surface area (Å²) in [6, 6.07) is 22.8. The summed E-state index contributed by atoms with van der Waals surface area (Å²) in [5.74, 6) is 0.398. The molecule has 32 heavy (non-hydrogen) atoms. The summed E-state index contributed by atoms with van der Waals surface area (Å²) in [7, 11) is 1.57. The van der Waals surface area contributed by atoms with Crippen molar-refractivity contribution in [2.75, 3.05) is 12.4 Å². The molecule has 0 saturated carbocycles. The molecule has 6 nitrogen and oxygen atoms in total. The molecule has 4 rings (SSSR count). The van der Waals surface area contributed by atoms with Crippen LogP contribution in [0.25, 0.3) is 0 Å². The van der Waals surface area contributed by atoms with Gasteiger partial charge in [0.25, 0.3) is 5.91 Å².